The summed E-state index contributed by atoms with van der Waals surface area (Å²) in [4.78, 5) is 14.8. The fourth-order valence-corrected chi connectivity index (χ4v) is 0.670. The van der Waals surface area contributed by atoms with Crippen molar-refractivity contribution in [3.05, 3.63) is 30.1 Å². The van der Waals surface area contributed by atoms with Crippen LogP contribution in [0.25, 0.3) is 0 Å². The molecule has 0 saturated heterocycles. The third-order valence-corrected chi connectivity index (χ3v) is 1.18. The monoisotopic (exact) mass is 167 g/mol. The molecular weight excluding hydrogens is 158 g/mol. The van der Waals surface area contributed by atoms with E-state index in [1.807, 2.05) is 0 Å². The molecule has 1 rings (SSSR count). The number of rotatable bonds is 3. The minimum absolute atomic E-state index is 0.0462. The maximum Gasteiger partial charge on any atom is 0.359 e. The lowest BCUT2D eigenvalue weighted by atomic mass is 10.4. The van der Waals surface area contributed by atoms with E-state index in [-0.39, 0.29) is 12.5 Å². The van der Waals surface area contributed by atoms with Crippen LogP contribution in [0.3, 0.4) is 0 Å². The third-order valence-electron chi connectivity index (χ3n) is 1.18. The van der Waals surface area contributed by atoms with E-state index in [1.54, 1.807) is 18.2 Å². The van der Waals surface area contributed by atoms with Crippen LogP contribution < -0.4 is 0 Å². The average Bonchev–Trinajstić information content (AvgIpc) is 2.15. The Labute approximate surface area is 70.1 Å². The fourth-order valence-electron chi connectivity index (χ4n) is 0.670. The van der Waals surface area contributed by atoms with Gasteiger partial charge < -0.3 is 9.47 Å². The predicted octanol–water partition coefficient (Wildman–Crippen LogP) is 0.842. The van der Waals surface area contributed by atoms with Crippen LogP contribution >= 0.6 is 0 Å². The topological polar surface area (TPSA) is 48.4 Å². The average molecular weight is 167 g/mol. The maximum absolute atomic E-state index is 11.0. The van der Waals surface area contributed by atoms with E-state index in [9.17, 15) is 4.79 Å². The molecule has 0 aliphatic heterocycles. The molecule has 0 bridgehead atoms. The van der Waals surface area contributed by atoms with Gasteiger partial charge in [-0.15, -0.1) is 0 Å². The van der Waals surface area contributed by atoms with Gasteiger partial charge in [-0.1, -0.05) is 6.07 Å². The fraction of sp³-hybridized carbons (Fsp3) is 0.250. The molecule has 4 heteroatoms. The van der Waals surface area contributed by atoms with Crippen molar-refractivity contribution in [3.8, 4) is 0 Å². The van der Waals surface area contributed by atoms with Crippen molar-refractivity contribution in [3.63, 3.8) is 0 Å². The Hall–Kier alpha value is -1.42. The van der Waals surface area contributed by atoms with Crippen molar-refractivity contribution in [2.24, 2.45) is 0 Å². The standard InChI is InChI=1S/C8H9NO3/c1-11-6-12-8(10)7-4-2-3-5-9-7/h2-5H,6H2,1H3. The second-order valence-electron chi connectivity index (χ2n) is 2.05. The zero-order chi connectivity index (χ0) is 8.81. The first-order chi connectivity index (χ1) is 5.84. The SMILES string of the molecule is COCOC(=O)c1ccccn1. The van der Waals surface area contributed by atoms with E-state index in [0.29, 0.717) is 0 Å². The molecule has 1 aromatic rings. The van der Waals surface area contributed by atoms with E-state index < -0.39 is 5.97 Å². The van der Waals surface area contributed by atoms with Crippen LogP contribution in [0, 0.1) is 0 Å². The predicted molar refractivity (Wildman–Crippen MR) is 41.5 cm³/mol. The molecule has 0 fully saturated rings. The summed E-state index contributed by atoms with van der Waals surface area (Å²) in [6, 6.07) is 5.03. The Morgan fingerprint density at radius 1 is 1.58 bits per heavy atom. The molecule has 0 aliphatic carbocycles. The number of methoxy groups -OCH3 is 1. The first-order valence-electron chi connectivity index (χ1n) is 3.41. The van der Waals surface area contributed by atoms with Crippen LogP contribution in [0.15, 0.2) is 24.4 Å². The molecule has 0 aromatic carbocycles. The van der Waals surface area contributed by atoms with E-state index in [2.05, 4.69) is 14.5 Å². The molecule has 4 nitrogen and oxygen atoms in total. The molecule has 0 amide bonds. The minimum Gasteiger partial charge on any atom is -0.434 e. The molecule has 64 valence electrons. The molecular formula is C8H9NO3. The lowest BCUT2D eigenvalue weighted by Gasteiger charge is -2.00. The summed E-state index contributed by atoms with van der Waals surface area (Å²) in [5, 5.41) is 0. The number of nitrogens with zero attached hydrogens (tertiary/aromatic N) is 1. The summed E-state index contributed by atoms with van der Waals surface area (Å²) >= 11 is 0. The van der Waals surface area contributed by atoms with Crippen LogP contribution in [0.1, 0.15) is 10.5 Å². The second kappa shape index (κ2) is 4.46. The summed E-state index contributed by atoms with van der Waals surface area (Å²) in [6.07, 6.45) is 1.53. The van der Waals surface area contributed by atoms with E-state index in [0.717, 1.165) is 0 Å². The van der Waals surface area contributed by atoms with Gasteiger partial charge >= 0.3 is 5.97 Å². The van der Waals surface area contributed by atoms with Gasteiger partial charge in [0, 0.05) is 13.3 Å². The Kier molecular flexibility index (Phi) is 3.22. The normalized spacial score (nSPS) is 9.42. The molecule has 1 aromatic heterocycles. The van der Waals surface area contributed by atoms with Crippen molar-refractivity contribution in [2.45, 2.75) is 0 Å². The number of carbonyl (C=O) groups excluding carboxylic acids is 1. The Bertz CT molecular complexity index is 248. The Morgan fingerprint density at radius 3 is 3.00 bits per heavy atom. The zero-order valence-corrected chi connectivity index (χ0v) is 6.69. The van der Waals surface area contributed by atoms with Crippen molar-refractivity contribution in [1.82, 2.24) is 4.98 Å². The van der Waals surface area contributed by atoms with Gasteiger partial charge in [0.2, 0.25) is 0 Å². The van der Waals surface area contributed by atoms with Gasteiger partial charge in [0.25, 0.3) is 0 Å². The van der Waals surface area contributed by atoms with Gasteiger partial charge in [0.15, 0.2) is 6.79 Å². The molecule has 0 atom stereocenters. The van der Waals surface area contributed by atoms with Crippen molar-refractivity contribution < 1.29 is 14.3 Å². The largest absolute Gasteiger partial charge is 0.434 e. The van der Waals surface area contributed by atoms with Gasteiger partial charge in [0.05, 0.1) is 0 Å². The number of hydrogen-bond acceptors (Lipinski definition) is 4. The molecule has 0 aliphatic rings. The number of ether oxygens (including phenoxy) is 2. The Morgan fingerprint density at radius 2 is 2.42 bits per heavy atom. The van der Waals surface area contributed by atoms with Crippen LogP contribution in [0.2, 0.25) is 0 Å². The lowest BCUT2D eigenvalue weighted by Crippen LogP contribution is -2.08. The highest BCUT2D eigenvalue weighted by atomic mass is 16.7. The molecule has 12 heavy (non-hydrogen) atoms. The van der Waals surface area contributed by atoms with Gasteiger partial charge in [-0.3, -0.25) is 0 Å². The molecule has 1 heterocycles. The number of hydrogen-bond donors (Lipinski definition) is 0. The van der Waals surface area contributed by atoms with Crippen LogP contribution in [0.5, 0.6) is 0 Å². The first kappa shape index (κ1) is 8.67. The molecule has 0 unspecified atom stereocenters. The van der Waals surface area contributed by atoms with Crippen LogP contribution in [-0.2, 0) is 9.47 Å². The van der Waals surface area contributed by atoms with Gasteiger partial charge in [-0.25, -0.2) is 9.78 Å². The quantitative estimate of drug-likeness (QED) is 0.494. The molecule has 0 spiro atoms. The van der Waals surface area contributed by atoms with Crippen molar-refractivity contribution >= 4 is 5.97 Å². The van der Waals surface area contributed by atoms with E-state index >= 15 is 0 Å². The smallest absolute Gasteiger partial charge is 0.359 e. The molecule has 0 radical (unpaired) electrons. The lowest BCUT2D eigenvalue weighted by molar-refractivity contribution is -0.0130. The van der Waals surface area contributed by atoms with Crippen molar-refractivity contribution in [1.29, 1.82) is 0 Å². The van der Waals surface area contributed by atoms with Gasteiger partial charge in [-0.2, -0.15) is 0 Å². The number of esters is 1. The zero-order valence-electron chi connectivity index (χ0n) is 6.69. The maximum atomic E-state index is 11.0. The van der Waals surface area contributed by atoms with Gasteiger partial charge in [-0.05, 0) is 12.1 Å². The summed E-state index contributed by atoms with van der Waals surface area (Å²) in [5.74, 6) is -0.475. The van der Waals surface area contributed by atoms with Crippen LogP contribution in [0.4, 0.5) is 0 Å². The second-order valence-corrected chi connectivity index (χ2v) is 2.05. The highest BCUT2D eigenvalue weighted by Crippen LogP contribution is 1.95. The molecule has 0 saturated carbocycles. The highest BCUT2D eigenvalue weighted by Gasteiger charge is 2.05. The summed E-state index contributed by atoms with van der Waals surface area (Å²) in [6.45, 7) is -0.0462. The third kappa shape index (κ3) is 2.32. The van der Waals surface area contributed by atoms with E-state index in [1.165, 1.54) is 13.3 Å². The molecule has 0 N–H and O–H groups in total. The van der Waals surface area contributed by atoms with Crippen molar-refractivity contribution in [2.75, 3.05) is 13.9 Å². The summed E-state index contributed by atoms with van der Waals surface area (Å²) < 4.78 is 9.22. The highest BCUT2D eigenvalue weighted by molar-refractivity contribution is 5.86. The van der Waals surface area contributed by atoms with Crippen LogP contribution in [-0.4, -0.2) is 24.9 Å². The minimum atomic E-state index is -0.475. The summed E-state index contributed by atoms with van der Waals surface area (Å²) in [7, 11) is 1.45. The number of aromatic nitrogens is 1. The first-order valence-corrected chi connectivity index (χ1v) is 3.41. The van der Waals surface area contributed by atoms with Gasteiger partial charge in [0.1, 0.15) is 5.69 Å². The number of carbonyl (C=O) groups is 1. The number of pyridine rings is 1. The Balaban J connectivity index is 2.54. The van der Waals surface area contributed by atoms with E-state index in [4.69, 9.17) is 0 Å². The summed E-state index contributed by atoms with van der Waals surface area (Å²) in [5.41, 5.74) is 0.287.